The van der Waals surface area contributed by atoms with Crippen molar-refractivity contribution in [2.75, 3.05) is 47.1 Å². The monoisotopic (exact) mass is 216 g/mol. The minimum atomic E-state index is -0.0129. The van der Waals surface area contributed by atoms with Gasteiger partial charge in [-0.05, 0) is 6.42 Å². The third kappa shape index (κ3) is 4.15. The standard InChI is InChI=1S/C10H20N2O3/c1-12-5-3-9(10(12)13)11-4-6-15-8-7-14-2/h9,11H,3-8H2,1-2H3. The molecule has 0 aliphatic carbocycles. The Labute approximate surface area is 90.7 Å². The van der Waals surface area contributed by atoms with E-state index in [2.05, 4.69) is 5.32 Å². The van der Waals surface area contributed by atoms with Crippen LogP contribution in [0.25, 0.3) is 0 Å². The van der Waals surface area contributed by atoms with Gasteiger partial charge in [0.25, 0.3) is 0 Å². The average molecular weight is 216 g/mol. The number of nitrogens with zero attached hydrogens (tertiary/aromatic N) is 1. The molecule has 0 bridgehead atoms. The Balaban J connectivity index is 1.98. The van der Waals surface area contributed by atoms with Crippen LogP contribution in [0.15, 0.2) is 0 Å². The Morgan fingerprint density at radius 1 is 1.47 bits per heavy atom. The van der Waals surface area contributed by atoms with Gasteiger partial charge in [-0.25, -0.2) is 0 Å². The first-order chi connectivity index (χ1) is 7.25. The van der Waals surface area contributed by atoms with E-state index in [1.165, 1.54) is 0 Å². The zero-order valence-electron chi connectivity index (χ0n) is 9.49. The normalized spacial score (nSPS) is 21.3. The molecule has 0 radical (unpaired) electrons. The SMILES string of the molecule is COCCOCCNC1CCN(C)C1=O. The van der Waals surface area contributed by atoms with E-state index in [0.29, 0.717) is 26.4 Å². The fraction of sp³-hybridized carbons (Fsp3) is 0.900. The highest BCUT2D eigenvalue weighted by atomic mass is 16.5. The van der Waals surface area contributed by atoms with Crippen LogP contribution in [0.5, 0.6) is 0 Å². The Morgan fingerprint density at radius 3 is 2.87 bits per heavy atom. The Morgan fingerprint density at radius 2 is 2.27 bits per heavy atom. The number of likely N-dealkylation sites (N-methyl/N-ethyl adjacent to an activating group) is 1. The van der Waals surface area contributed by atoms with E-state index in [9.17, 15) is 4.79 Å². The molecule has 0 aromatic rings. The van der Waals surface area contributed by atoms with Crippen LogP contribution in [0.2, 0.25) is 0 Å². The van der Waals surface area contributed by atoms with Crippen LogP contribution in [0, 0.1) is 0 Å². The van der Waals surface area contributed by atoms with Crippen molar-refractivity contribution in [3.05, 3.63) is 0 Å². The minimum Gasteiger partial charge on any atom is -0.382 e. The molecule has 1 N–H and O–H groups in total. The van der Waals surface area contributed by atoms with Crippen LogP contribution in [-0.4, -0.2) is 63.9 Å². The lowest BCUT2D eigenvalue weighted by Crippen LogP contribution is -2.38. The van der Waals surface area contributed by atoms with Gasteiger partial charge in [0.1, 0.15) is 0 Å². The van der Waals surface area contributed by atoms with E-state index < -0.39 is 0 Å². The van der Waals surface area contributed by atoms with E-state index in [1.54, 1.807) is 12.0 Å². The lowest BCUT2D eigenvalue weighted by atomic mass is 10.2. The van der Waals surface area contributed by atoms with Crippen molar-refractivity contribution < 1.29 is 14.3 Å². The molecule has 1 rings (SSSR count). The second-order valence-corrected chi connectivity index (χ2v) is 3.66. The number of carbonyl (C=O) groups excluding carboxylic acids is 1. The number of nitrogens with one attached hydrogen (secondary N) is 1. The highest BCUT2D eigenvalue weighted by Crippen LogP contribution is 2.07. The molecular formula is C10H20N2O3. The van der Waals surface area contributed by atoms with Crippen LogP contribution < -0.4 is 5.32 Å². The molecule has 1 amide bonds. The summed E-state index contributed by atoms with van der Waals surface area (Å²) in [6, 6.07) is -0.0129. The molecule has 1 saturated heterocycles. The molecule has 88 valence electrons. The van der Waals surface area contributed by atoms with Crippen molar-refractivity contribution in [3.63, 3.8) is 0 Å². The van der Waals surface area contributed by atoms with Crippen LogP contribution in [0.4, 0.5) is 0 Å². The number of carbonyl (C=O) groups is 1. The minimum absolute atomic E-state index is 0.0129. The van der Waals surface area contributed by atoms with Gasteiger partial charge >= 0.3 is 0 Å². The summed E-state index contributed by atoms with van der Waals surface area (Å²) < 4.78 is 10.1. The molecule has 15 heavy (non-hydrogen) atoms. The van der Waals surface area contributed by atoms with Crippen LogP contribution in [0.1, 0.15) is 6.42 Å². The highest BCUT2D eigenvalue weighted by Gasteiger charge is 2.27. The lowest BCUT2D eigenvalue weighted by Gasteiger charge is -2.12. The predicted octanol–water partition coefficient (Wildman–Crippen LogP) is -0.530. The summed E-state index contributed by atoms with van der Waals surface area (Å²) >= 11 is 0. The van der Waals surface area contributed by atoms with Crippen molar-refractivity contribution >= 4 is 5.91 Å². The first-order valence-corrected chi connectivity index (χ1v) is 5.30. The van der Waals surface area contributed by atoms with Gasteiger partial charge in [-0.3, -0.25) is 4.79 Å². The van der Waals surface area contributed by atoms with Crippen molar-refractivity contribution in [2.24, 2.45) is 0 Å². The average Bonchev–Trinajstić information content (AvgIpc) is 2.54. The zero-order valence-corrected chi connectivity index (χ0v) is 9.49. The second-order valence-electron chi connectivity index (χ2n) is 3.66. The molecule has 0 aromatic heterocycles. The van der Waals surface area contributed by atoms with Gasteiger partial charge in [-0.15, -0.1) is 0 Å². The van der Waals surface area contributed by atoms with Gasteiger partial charge < -0.3 is 19.7 Å². The molecule has 1 unspecified atom stereocenters. The number of likely N-dealkylation sites (tertiary alicyclic amines) is 1. The van der Waals surface area contributed by atoms with Gasteiger partial charge in [0.05, 0.1) is 25.9 Å². The maximum absolute atomic E-state index is 11.5. The van der Waals surface area contributed by atoms with Crippen molar-refractivity contribution in [1.29, 1.82) is 0 Å². The molecule has 1 aliphatic heterocycles. The maximum atomic E-state index is 11.5. The number of rotatable bonds is 7. The fourth-order valence-electron chi connectivity index (χ4n) is 1.56. The van der Waals surface area contributed by atoms with E-state index in [-0.39, 0.29) is 11.9 Å². The molecule has 0 aromatic carbocycles. The molecule has 1 aliphatic rings. The summed E-state index contributed by atoms with van der Waals surface area (Å²) in [6.45, 7) is 3.41. The smallest absolute Gasteiger partial charge is 0.239 e. The number of ether oxygens (including phenoxy) is 2. The van der Waals surface area contributed by atoms with Gasteiger partial charge in [0, 0.05) is 27.2 Å². The summed E-state index contributed by atoms with van der Waals surface area (Å²) in [4.78, 5) is 13.2. The second kappa shape index (κ2) is 6.76. The molecule has 1 fully saturated rings. The maximum Gasteiger partial charge on any atom is 0.239 e. The van der Waals surface area contributed by atoms with Crippen molar-refractivity contribution in [2.45, 2.75) is 12.5 Å². The molecule has 1 atom stereocenters. The van der Waals surface area contributed by atoms with E-state index >= 15 is 0 Å². The first kappa shape index (κ1) is 12.4. The Bertz CT molecular complexity index is 199. The largest absolute Gasteiger partial charge is 0.382 e. The number of hydrogen-bond acceptors (Lipinski definition) is 4. The summed E-state index contributed by atoms with van der Waals surface area (Å²) in [6.07, 6.45) is 0.896. The topological polar surface area (TPSA) is 50.8 Å². The predicted molar refractivity (Wildman–Crippen MR) is 56.7 cm³/mol. The number of amides is 1. The van der Waals surface area contributed by atoms with E-state index in [0.717, 1.165) is 13.0 Å². The zero-order chi connectivity index (χ0) is 11.1. The van der Waals surface area contributed by atoms with E-state index in [1.807, 2.05) is 7.05 Å². The molecular weight excluding hydrogens is 196 g/mol. The summed E-state index contributed by atoms with van der Waals surface area (Å²) in [5.74, 6) is 0.187. The van der Waals surface area contributed by atoms with Crippen molar-refractivity contribution in [3.8, 4) is 0 Å². The van der Waals surface area contributed by atoms with Crippen molar-refractivity contribution in [1.82, 2.24) is 10.2 Å². The van der Waals surface area contributed by atoms with E-state index in [4.69, 9.17) is 9.47 Å². The summed E-state index contributed by atoms with van der Waals surface area (Å²) in [7, 11) is 3.48. The number of methoxy groups -OCH3 is 1. The molecule has 0 saturated carbocycles. The Hall–Kier alpha value is -0.650. The quantitative estimate of drug-likeness (QED) is 0.581. The fourth-order valence-corrected chi connectivity index (χ4v) is 1.56. The summed E-state index contributed by atoms with van der Waals surface area (Å²) in [5.41, 5.74) is 0. The highest BCUT2D eigenvalue weighted by molar-refractivity contribution is 5.83. The molecule has 0 spiro atoms. The molecule has 5 nitrogen and oxygen atoms in total. The molecule has 5 heteroatoms. The lowest BCUT2D eigenvalue weighted by molar-refractivity contribution is -0.128. The third-order valence-corrected chi connectivity index (χ3v) is 2.50. The Kier molecular flexibility index (Phi) is 5.60. The first-order valence-electron chi connectivity index (χ1n) is 5.30. The van der Waals surface area contributed by atoms with Gasteiger partial charge in [0.2, 0.25) is 5.91 Å². The van der Waals surface area contributed by atoms with Crippen LogP contribution in [0.3, 0.4) is 0 Å². The van der Waals surface area contributed by atoms with Crippen LogP contribution in [-0.2, 0) is 14.3 Å². The van der Waals surface area contributed by atoms with Gasteiger partial charge in [0.15, 0.2) is 0 Å². The third-order valence-electron chi connectivity index (χ3n) is 2.50. The molecule has 1 heterocycles. The van der Waals surface area contributed by atoms with Gasteiger partial charge in [-0.1, -0.05) is 0 Å². The van der Waals surface area contributed by atoms with Gasteiger partial charge in [-0.2, -0.15) is 0 Å². The number of hydrogen-bond donors (Lipinski definition) is 1. The van der Waals surface area contributed by atoms with Crippen LogP contribution >= 0.6 is 0 Å². The summed E-state index contributed by atoms with van der Waals surface area (Å²) in [5, 5.41) is 3.18.